The first-order valence-corrected chi connectivity index (χ1v) is 5.14. The molecule has 13 heavy (non-hydrogen) atoms. The molecule has 1 heteroatoms. The van der Waals surface area contributed by atoms with E-state index < -0.39 is 0 Å². The number of rotatable bonds is 5. The lowest BCUT2D eigenvalue weighted by Gasteiger charge is -2.21. The molecule has 0 aromatic heterocycles. The van der Waals surface area contributed by atoms with Gasteiger partial charge in [0.1, 0.15) is 0 Å². The van der Waals surface area contributed by atoms with Crippen LogP contribution in [0.5, 0.6) is 0 Å². The molecule has 2 atom stereocenters. The molecular formula is C12H23N. The summed E-state index contributed by atoms with van der Waals surface area (Å²) in [4.78, 5) is 0. The molecule has 76 valence electrons. The van der Waals surface area contributed by atoms with Gasteiger partial charge in [-0.3, -0.25) is 0 Å². The average Bonchev–Trinajstić information content (AvgIpc) is 2.11. The van der Waals surface area contributed by atoms with Crippen molar-refractivity contribution in [1.82, 2.24) is 0 Å². The topological polar surface area (TPSA) is 26.0 Å². The van der Waals surface area contributed by atoms with Gasteiger partial charge in [0.05, 0.1) is 0 Å². The molecule has 0 amide bonds. The molecule has 2 N–H and O–H groups in total. The van der Waals surface area contributed by atoms with Gasteiger partial charge in [0.15, 0.2) is 0 Å². The highest BCUT2D eigenvalue weighted by Gasteiger charge is 2.13. The molecule has 0 aromatic carbocycles. The van der Waals surface area contributed by atoms with Gasteiger partial charge in [0.2, 0.25) is 0 Å². The van der Waals surface area contributed by atoms with Crippen LogP contribution in [0.15, 0.2) is 23.8 Å². The van der Waals surface area contributed by atoms with Gasteiger partial charge in [-0.25, -0.2) is 0 Å². The van der Waals surface area contributed by atoms with E-state index in [1.54, 1.807) is 0 Å². The van der Waals surface area contributed by atoms with Crippen molar-refractivity contribution in [2.75, 3.05) is 0 Å². The smallest absolute Gasteiger partial charge is 0.00994 e. The molecule has 0 aromatic rings. The number of hydrogen-bond donors (Lipinski definition) is 1. The molecule has 0 fully saturated rings. The SMILES string of the molecule is C=C(C)C=C(CC)C(C)C(N)CC. The fourth-order valence-corrected chi connectivity index (χ4v) is 1.50. The van der Waals surface area contributed by atoms with Crippen molar-refractivity contribution in [1.29, 1.82) is 0 Å². The van der Waals surface area contributed by atoms with Gasteiger partial charge in [-0.15, -0.1) is 0 Å². The van der Waals surface area contributed by atoms with Crippen LogP contribution in [0.2, 0.25) is 0 Å². The van der Waals surface area contributed by atoms with Gasteiger partial charge in [0.25, 0.3) is 0 Å². The van der Waals surface area contributed by atoms with Crippen molar-refractivity contribution < 1.29 is 0 Å². The van der Waals surface area contributed by atoms with Crippen LogP contribution in [-0.2, 0) is 0 Å². The minimum atomic E-state index is 0.283. The van der Waals surface area contributed by atoms with Crippen LogP contribution < -0.4 is 5.73 Å². The maximum Gasteiger partial charge on any atom is 0.00994 e. The van der Waals surface area contributed by atoms with Crippen LogP contribution in [0.3, 0.4) is 0 Å². The van der Waals surface area contributed by atoms with Crippen molar-refractivity contribution in [3.63, 3.8) is 0 Å². The highest BCUT2D eigenvalue weighted by molar-refractivity contribution is 5.21. The van der Waals surface area contributed by atoms with Crippen LogP contribution >= 0.6 is 0 Å². The summed E-state index contributed by atoms with van der Waals surface area (Å²) in [5, 5.41) is 0. The molecule has 1 nitrogen and oxygen atoms in total. The predicted molar refractivity (Wildman–Crippen MR) is 60.6 cm³/mol. The molecule has 0 aliphatic heterocycles. The highest BCUT2D eigenvalue weighted by Crippen LogP contribution is 2.20. The van der Waals surface area contributed by atoms with Crippen molar-refractivity contribution in [3.05, 3.63) is 23.8 Å². The van der Waals surface area contributed by atoms with Crippen molar-refractivity contribution in [3.8, 4) is 0 Å². The monoisotopic (exact) mass is 181 g/mol. The Kier molecular flexibility index (Phi) is 5.72. The van der Waals surface area contributed by atoms with Crippen molar-refractivity contribution in [2.45, 2.75) is 46.6 Å². The maximum atomic E-state index is 6.00. The van der Waals surface area contributed by atoms with Gasteiger partial charge in [-0.05, 0) is 25.7 Å². The van der Waals surface area contributed by atoms with Crippen LogP contribution in [0, 0.1) is 5.92 Å². The first kappa shape index (κ1) is 12.4. The Labute approximate surface area is 82.7 Å². The van der Waals surface area contributed by atoms with Gasteiger partial charge in [-0.2, -0.15) is 0 Å². The molecule has 0 saturated carbocycles. The third-order valence-corrected chi connectivity index (χ3v) is 2.54. The van der Waals surface area contributed by atoms with E-state index in [1.165, 1.54) is 5.57 Å². The lowest BCUT2D eigenvalue weighted by atomic mass is 9.89. The van der Waals surface area contributed by atoms with Crippen LogP contribution in [0.1, 0.15) is 40.5 Å². The Morgan fingerprint density at radius 1 is 1.46 bits per heavy atom. The molecule has 0 rings (SSSR count). The third kappa shape index (κ3) is 4.28. The summed E-state index contributed by atoms with van der Waals surface area (Å²) < 4.78 is 0. The zero-order valence-corrected chi connectivity index (χ0v) is 9.43. The predicted octanol–water partition coefficient (Wildman–Crippen LogP) is 3.27. The quantitative estimate of drug-likeness (QED) is 0.647. The van der Waals surface area contributed by atoms with Crippen LogP contribution in [0.25, 0.3) is 0 Å². The first-order valence-electron chi connectivity index (χ1n) is 5.14. The number of allylic oxidation sites excluding steroid dienone is 2. The van der Waals surface area contributed by atoms with Crippen LogP contribution in [0.4, 0.5) is 0 Å². The molecule has 0 bridgehead atoms. The van der Waals surface area contributed by atoms with E-state index in [0.717, 1.165) is 18.4 Å². The molecule has 0 spiro atoms. The Morgan fingerprint density at radius 2 is 2.00 bits per heavy atom. The highest BCUT2D eigenvalue weighted by atomic mass is 14.6. The van der Waals surface area contributed by atoms with Gasteiger partial charge >= 0.3 is 0 Å². The lowest BCUT2D eigenvalue weighted by Crippen LogP contribution is -2.28. The summed E-state index contributed by atoms with van der Waals surface area (Å²) >= 11 is 0. The first-order chi connectivity index (χ1) is 6.02. The minimum Gasteiger partial charge on any atom is -0.327 e. The molecule has 0 radical (unpaired) electrons. The van der Waals surface area contributed by atoms with E-state index in [9.17, 15) is 0 Å². The Balaban J connectivity index is 4.48. The maximum absolute atomic E-state index is 6.00. The fraction of sp³-hybridized carbons (Fsp3) is 0.667. The zero-order chi connectivity index (χ0) is 10.4. The van der Waals surface area contributed by atoms with E-state index in [4.69, 9.17) is 5.73 Å². The van der Waals surface area contributed by atoms with E-state index in [-0.39, 0.29) is 6.04 Å². The largest absolute Gasteiger partial charge is 0.327 e. The Bertz CT molecular complexity index is 191. The van der Waals surface area contributed by atoms with Crippen molar-refractivity contribution >= 4 is 0 Å². The van der Waals surface area contributed by atoms with Gasteiger partial charge in [-0.1, -0.05) is 44.6 Å². The minimum absolute atomic E-state index is 0.283. The van der Waals surface area contributed by atoms with Gasteiger partial charge in [0, 0.05) is 6.04 Å². The van der Waals surface area contributed by atoms with Crippen molar-refractivity contribution in [2.24, 2.45) is 11.7 Å². The summed E-state index contributed by atoms with van der Waals surface area (Å²) in [6.45, 7) is 12.4. The van der Waals surface area contributed by atoms with Gasteiger partial charge < -0.3 is 5.73 Å². The second-order valence-corrected chi connectivity index (χ2v) is 3.78. The molecule has 0 saturated heterocycles. The summed E-state index contributed by atoms with van der Waals surface area (Å²) in [5.41, 5.74) is 8.53. The third-order valence-electron chi connectivity index (χ3n) is 2.54. The second kappa shape index (κ2) is 5.98. The summed E-state index contributed by atoms with van der Waals surface area (Å²) in [7, 11) is 0. The molecule has 0 heterocycles. The Morgan fingerprint density at radius 3 is 2.31 bits per heavy atom. The number of nitrogens with two attached hydrogens (primary N) is 1. The molecular weight excluding hydrogens is 158 g/mol. The number of hydrogen-bond acceptors (Lipinski definition) is 1. The fourth-order valence-electron chi connectivity index (χ4n) is 1.50. The van der Waals surface area contributed by atoms with Crippen LogP contribution in [-0.4, -0.2) is 6.04 Å². The lowest BCUT2D eigenvalue weighted by molar-refractivity contribution is 0.492. The zero-order valence-electron chi connectivity index (χ0n) is 9.43. The molecule has 0 aliphatic rings. The Hall–Kier alpha value is -0.560. The van der Waals surface area contributed by atoms with E-state index in [0.29, 0.717) is 5.92 Å². The molecule has 0 aliphatic carbocycles. The second-order valence-electron chi connectivity index (χ2n) is 3.78. The molecule has 2 unspecified atom stereocenters. The van der Waals surface area contributed by atoms with E-state index in [2.05, 4.69) is 33.4 Å². The average molecular weight is 181 g/mol. The standard InChI is InChI=1S/C12H23N/c1-6-11(8-9(3)4)10(5)12(13)7-2/h8,10,12H,3,6-7,13H2,1-2,4-5H3. The normalized spacial score (nSPS) is 16.8. The summed E-state index contributed by atoms with van der Waals surface area (Å²) in [5.74, 6) is 0.478. The summed E-state index contributed by atoms with van der Waals surface area (Å²) in [6, 6.07) is 0.283. The van der Waals surface area contributed by atoms with E-state index >= 15 is 0 Å². The van der Waals surface area contributed by atoms with E-state index in [1.807, 2.05) is 6.92 Å². The summed E-state index contributed by atoms with van der Waals surface area (Å²) in [6.07, 6.45) is 4.27.